The Hall–Kier alpha value is -2.67. The van der Waals surface area contributed by atoms with Crippen LogP contribution in [0.3, 0.4) is 0 Å². The molecule has 31 heavy (non-hydrogen) atoms. The predicted octanol–water partition coefficient (Wildman–Crippen LogP) is 4.61. The maximum absolute atomic E-state index is 13.1. The van der Waals surface area contributed by atoms with Gasteiger partial charge in [0.2, 0.25) is 5.91 Å². The van der Waals surface area contributed by atoms with E-state index in [4.69, 9.17) is 0 Å². The standard InChI is InChI=1S/C24H28BrN3O3/c1-5-20(17-8-12-19(25)13-9-17)26-21(29)14-28-22(30)24(4,27-23(28)31)18-10-6-16(7-11-18)15(2)3/h6-13,15,20H,5,14H2,1-4H3,(H,26,29)(H,27,31)/t20-,24-/m1/s1. The van der Waals surface area contributed by atoms with Crippen LogP contribution < -0.4 is 10.6 Å². The third-order valence-electron chi connectivity index (χ3n) is 5.75. The van der Waals surface area contributed by atoms with Crippen LogP contribution in [0.1, 0.15) is 62.8 Å². The first-order chi connectivity index (χ1) is 14.7. The molecule has 3 rings (SSSR count). The van der Waals surface area contributed by atoms with Gasteiger partial charge in [0, 0.05) is 4.47 Å². The first-order valence-electron chi connectivity index (χ1n) is 10.4. The van der Waals surface area contributed by atoms with Crippen LogP contribution in [0.25, 0.3) is 0 Å². The summed E-state index contributed by atoms with van der Waals surface area (Å²) in [7, 11) is 0. The highest BCUT2D eigenvalue weighted by atomic mass is 79.9. The van der Waals surface area contributed by atoms with E-state index in [-0.39, 0.29) is 18.5 Å². The van der Waals surface area contributed by atoms with Gasteiger partial charge < -0.3 is 10.6 Å². The Labute approximate surface area is 191 Å². The Kier molecular flexibility index (Phi) is 6.84. The molecule has 1 heterocycles. The fourth-order valence-corrected chi connectivity index (χ4v) is 4.00. The number of carbonyl (C=O) groups excluding carboxylic acids is 3. The zero-order valence-corrected chi connectivity index (χ0v) is 19.8. The van der Waals surface area contributed by atoms with Crippen LogP contribution in [0.4, 0.5) is 4.79 Å². The molecule has 0 aliphatic carbocycles. The molecule has 2 atom stereocenters. The molecule has 0 radical (unpaired) electrons. The molecule has 0 unspecified atom stereocenters. The lowest BCUT2D eigenvalue weighted by atomic mass is 9.90. The van der Waals surface area contributed by atoms with Crippen molar-refractivity contribution in [1.29, 1.82) is 0 Å². The molecule has 2 aromatic carbocycles. The molecular formula is C24H28BrN3O3. The fraction of sp³-hybridized carbons (Fsp3) is 0.375. The van der Waals surface area contributed by atoms with E-state index in [0.29, 0.717) is 17.9 Å². The van der Waals surface area contributed by atoms with E-state index in [1.54, 1.807) is 6.92 Å². The van der Waals surface area contributed by atoms with Crippen LogP contribution in [0, 0.1) is 0 Å². The second-order valence-corrected chi connectivity index (χ2v) is 9.22. The number of benzene rings is 2. The van der Waals surface area contributed by atoms with Crippen LogP contribution in [-0.4, -0.2) is 29.3 Å². The summed E-state index contributed by atoms with van der Waals surface area (Å²) >= 11 is 3.40. The van der Waals surface area contributed by atoms with Crippen molar-refractivity contribution in [2.75, 3.05) is 6.54 Å². The number of amides is 4. The summed E-state index contributed by atoms with van der Waals surface area (Å²) in [5.74, 6) is -0.438. The summed E-state index contributed by atoms with van der Waals surface area (Å²) in [5.41, 5.74) is 1.62. The quantitative estimate of drug-likeness (QED) is 0.562. The summed E-state index contributed by atoms with van der Waals surface area (Å²) in [5, 5.41) is 5.69. The highest BCUT2D eigenvalue weighted by molar-refractivity contribution is 9.10. The number of urea groups is 1. The van der Waals surface area contributed by atoms with Crippen molar-refractivity contribution in [2.24, 2.45) is 0 Å². The molecule has 1 aliphatic heterocycles. The summed E-state index contributed by atoms with van der Waals surface area (Å²) in [6.45, 7) is 7.51. The maximum atomic E-state index is 13.1. The van der Waals surface area contributed by atoms with Crippen molar-refractivity contribution in [2.45, 2.75) is 51.6 Å². The molecular weight excluding hydrogens is 458 g/mol. The van der Waals surface area contributed by atoms with Crippen molar-refractivity contribution in [3.63, 3.8) is 0 Å². The van der Waals surface area contributed by atoms with E-state index in [2.05, 4.69) is 40.4 Å². The van der Waals surface area contributed by atoms with Crippen LogP contribution in [-0.2, 0) is 15.1 Å². The first-order valence-corrected chi connectivity index (χ1v) is 11.2. The van der Waals surface area contributed by atoms with Gasteiger partial charge >= 0.3 is 6.03 Å². The molecule has 0 bridgehead atoms. The maximum Gasteiger partial charge on any atom is 0.325 e. The van der Waals surface area contributed by atoms with Gasteiger partial charge in [-0.05, 0) is 48.1 Å². The van der Waals surface area contributed by atoms with Crippen LogP contribution >= 0.6 is 15.9 Å². The smallest absolute Gasteiger partial charge is 0.325 e. The molecule has 1 aliphatic rings. The molecule has 0 spiro atoms. The predicted molar refractivity (Wildman–Crippen MR) is 123 cm³/mol. The van der Waals surface area contributed by atoms with Crippen molar-refractivity contribution in [1.82, 2.24) is 15.5 Å². The van der Waals surface area contributed by atoms with Gasteiger partial charge in [0.05, 0.1) is 6.04 Å². The summed E-state index contributed by atoms with van der Waals surface area (Å²) in [6.07, 6.45) is 0.688. The zero-order valence-electron chi connectivity index (χ0n) is 18.2. The second kappa shape index (κ2) is 9.22. The molecule has 164 valence electrons. The normalized spacial score (nSPS) is 19.5. The highest BCUT2D eigenvalue weighted by Crippen LogP contribution is 2.30. The molecule has 0 aromatic heterocycles. The third kappa shape index (κ3) is 4.82. The molecule has 2 aromatic rings. The molecule has 0 saturated carbocycles. The first kappa shape index (κ1) is 23.0. The molecule has 4 amide bonds. The minimum Gasteiger partial charge on any atom is -0.348 e. The van der Waals surface area contributed by atoms with Crippen LogP contribution in [0.5, 0.6) is 0 Å². The van der Waals surface area contributed by atoms with Gasteiger partial charge in [0.15, 0.2) is 0 Å². The number of carbonyl (C=O) groups is 3. The summed E-state index contributed by atoms with van der Waals surface area (Å²) in [6, 6.07) is 14.6. The minimum absolute atomic E-state index is 0.198. The van der Waals surface area contributed by atoms with Gasteiger partial charge in [-0.1, -0.05) is 73.1 Å². The van der Waals surface area contributed by atoms with Crippen molar-refractivity contribution >= 4 is 33.8 Å². The van der Waals surface area contributed by atoms with Gasteiger partial charge in [-0.15, -0.1) is 0 Å². The average Bonchev–Trinajstić information content (AvgIpc) is 2.96. The molecule has 2 N–H and O–H groups in total. The van der Waals surface area contributed by atoms with E-state index in [0.717, 1.165) is 20.5 Å². The lowest BCUT2D eigenvalue weighted by Crippen LogP contribution is -2.43. The number of rotatable bonds is 7. The molecule has 7 heteroatoms. The SMILES string of the molecule is CC[C@@H](NC(=O)CN1C(=O)N[C@](C)(c2ccc(C(C)C)cc2)C1=O)c1ccc(Br)cc1. The number of imide groups is 1. The van der Waals surface area contributed by atoms with Gasteiger partial charge in [-0.3, -0.25) is 14.5 Å². The highest BCUT2D eigenvalue weighted by Gasteiger charge is 2.49. The largest absolute Gasteiger partial charge is 0.348 e. The topological polar surface area (TPSA) is 78.5 Å². The summed E-state index contributed by atoms with van der Waals surface area (Å²) < 4.78 is 0.956. The Morgan fingerprint density at radius 2 is 1.65 bits per heavy atom. The van der Waals surface area contributed by atoms with Crippen molar-refractivity contribution in [3.8, 4) is 0 Å². The van der Waals surface area contributed by atoms with Gasteiger partial charge in [-0.2, -0.15) is 0 Å². The minimum atomic E-state index is -1.19. The monoisotopic (exact) mass is 485 g/mol. The Bertz CT molecular complexity index is 973. The Balaban J connectivity index is 1.71. The lowest BCUT2D eigenvalue weighted by Gasteiger charge is -2.23. The van der Waals surface area contributed by atoms with Gasteiger partial charge in [-0.25, -0.2) is 4.79 Å². The van der Waals surface area contributed by atoms with Crippen molar-refractivity contribution in [3.05, 3.63) is 69.7 Å². The van der Waals surface area contributed by atoms with E-state index >= 15 is 0 Å². The Morgan fingerprint density at radius 3 is 2.19 bits per heavy atom. The van der Waals surface area contributed by atoms with E-state index in [1.165, 1.54) is 0 Å². The Morgan fingerprint density at radius 1 is 1.06 bits per heavy atom. The number of nitrogens with one attached hydrogen (secondary N) is 2. The molecule has 1 fully saturated rings. The second-order valence-electron chi connectivity index (χ2n) is 8.30. The van der Waals surface area contributed by atoms with Gasteiger partial charge in [0.1, 0.15) is 12.1 Å². The molecule has 6 nitrogen and oxygen atoms in total. The summed E-state index contributed by atoms with van der Waals surface area (Å²) in [4.78, 5) is 39.3. The number of hydrogen-bond acceptors (Lipinski definition) is 3. The fourth-order valence-electron chi connectivity index (χ4n) is 3.74. The van der Waals surface area contributed by atoms with Crippen LogP contribution in [0.15, 0.2) is 53.0 Å². The lowest BCUT2D eigenvalue weighted by molar-refractivity contribution is -0.135. The number of halogens is 1. The van der Waals surface area contributed by atoms with Gasteiger partial charge in [0.25, 0.3) is 5.91 Å². The van der Waals surface area contributed by atoms with Crippen LogP contribution in [0.2, 0.25) is 0 Å². The van der Waals surface area contributed by atoms with E-state index in [1.807, 2.05) is 55.5 Å². The number of nitrogens with zero attached hydrogens (tertiary/aromatic N) is 1. The molecule has 1 saturated heterocycles. The van der Waals surface area contributed by atoms with Crippen molar-refractivity contribution < 1.29 is 14.4 Å². The van der Waals surface area contributed by atoms with E-state index < -0.39 is 17.5 Å². The average molecular weight is 486 g/mol. The number of hydrogen-bond donors (Lipinski definition) is 2. The van der Waals surface area contributed by atoms with E-state index in [9.17, 15) is 14.4 Å². The third-order valence-corrected chi connectivity index (χ3v) is 6.28. The zero-order chi connectivity index (χ0) is 22.8.